The van der Waals surface area contributed by atoms with Gasteiger partial charge >= 0.3 is 6.03 Å². The van der Waals surface area contributed by atoms with Crippen LogP contribution in [0.5, 0.6) is 0 Å². The molecule has 1 saturated heterocycles. The number of alkyl halides is 1. The summed E-state index contributed by atoms with van der Waals surface area (Å²) in [5.74, 6) is -0.441. The van der Waals surface area contributed by atoms with E-state index in [0.717, 1.165) is 9.71 Å². The number of carbonyl (C=O) groups is 2. The van der Waals surface area contributed by atoms with E-state index in [0.29, 0.717) is 31.3 Å². The number of hydrazine groups is 1. The highest BCUT2D eigenvalue weighted by atomic mass is 35.5. The molecule has 2 heterocycles. The first kappa shape index (κ1) is 19.5. The monoisotopic (exact) mass is 474 g/mol. The SMILES string of the molecule is O=C(Nc1nc2ccc(Cl)cc2s1)NN1C(=O)C(Cl)C1c1ccc(Cl)cc1Cl. The van der Waals surface area contributed by atoms with Crippen LogP contribution >= 0.6 is 57.7 Å². The number of thiazole rings is 1. The Morgan fingerprint density at radius 3 is 2.57 bits per heavy atom. The average molecular weight is 476 g/mol. The highest BCUT2D eigenvalue weighted by Crippen LogP contribution is 2.40. The predicted octanol–water partition coefficient (Wildman–Crippen LogP) is 5.48. The van der Waals surface area contributed by atoms with Gasteiger partial charge in [-0.1, -0.05) is 52.2 Å². The van der Waals surface area contributed by atoms with Gasteiger partial charge in [0.05, 0.1) is 10.2 Å². The van der Waals surface area contributed by atoms with Gasteiger partial charge in [0.15, 0.2) is 5.13 Å². The zero-order valence-electron chi connectivity index (χ0n) is 13.7. The highest BCUT2D eigenvalue weighted by molar-refractivity contribution is 7.22. The van der Waals surface area contributed by atoms with Crippen LogP contribution in [-0.2, 0) is 4.79 Å². The molecule has 28 heavy (non-hydrogen) atoms. The number of hydrogen-bond acceptors (Lipinski definition) is 4. The minimum atomic E-state index is -0.844. The van der Waals surface area contributed by atoms with Gasteiger partial charge in [0, 0.05) is 15.1 Å². The van der Waals surface area contributed by atoms with Gasteiger partial charge in [-0.2, -0.15) is 0 Å². The van der Waals surface area contributed by atoms with Crippen molar-refractivity contribution in [3.8, 4) is 0 Å². The Bertz CT molecular complexity index is 1110. The van der Waals surface area contributed by atoms with E-state index < -0.39 is 23.4 Å². The molecular formula is C17H10Cl4N4O2S. The minimum Gasteiger partial charge on any atom is -0.282 e. The van der Waals surface area contributed by atoms with E-state index in [-0.39, 0.29) is 0 Å². The standard InChI is InChI=1S/C17H10Cl4N4O2S/c18-7-1-3-9(10(20)5-7)14-13(21)15(26)25(14)24-16(27)23-17-22-11-4-2-8(19)6-12(11)28-17/h1-6,13-14H,(H2,22,23,24,27). The number of halogens is 4. The molecule has 0 bridgehead atoms. The fourth-order valence-electron chi connectivity index (χ4n) is 2.80. The molecule has 1 aromatic heterocycles. The van der Waals surface area contributed by atoms with Gasteiger partial charge in [-0.3, -0.25) is 10.1 Å². The molecule has 1 fully saturated rings. The summed E-state index contributed by atoms with van der Waals surface area (Å²) in [7, 11) is 0. The second-order valence-corrected chi connectivity index (χ2v) is 8.70. The van der Waals surface area contributed by atoms with Gasteiger partial charge in [0.2, 0.25) is 0 Å². The summed E-state index contributed by atoms with van der Waals surface area (Å²) in [6, 6.07) is 8.85. The number of rotatable bonds is 3. The first-order chi connectivity index (χ1) is 13.3. The van der Waals surface area contributed by atoms with Crippen LogP contribution in [0, 0.1) is 0 Å². The molecule has 3 aromatic rings. The van der Waals surface area contributed by atoms with Gasteiger partial charge < -0.3 is 0 Å². The molecule has 2 atom stereocenters. The van der Waals surface area contributed by atoms with Gasteiger partial charge in [-0.05, 0) is 35.9 Å². The maximum Gasteiger partial charge on any atom is 0.339 e. The smallest absolute Gasteiger partial charge is 0.282 e. The summed E-state index contributed by atoms with van der Waals surface area (Å²) >= 11 is 25.5. The topological polar surface area (TPSA) is 74.3 Å². The lowest BCUT2D eigenvalue weighted by Gasteiger charge is -2.44. The predicted molar refractivity (Wildman–Crippen MR) is 112 cm³/mol. The molecule has 2 unspecified atom stereocenters. The van der Waals surface area contributed by atoms with E-state index >= 15 is 0 Å². The third kappa shape index (κ3) is 3.60. The maximum atomic E-state index is 12.4. The molecule has 1 aliphatic rings. The van der Waals surface area contributed by atoms with E-state index in [1.54, 1.807) is 36.4 Å². The molecule has 0 saturated carbocycles. The van der Waals surface area contributed by atoms with Crippen molar-refractivity contribution >= 4 is 85.0 Å². The summed E-state index contributed by atoms with van der Waals surface area (Å²) in [6.07, 6.45) is 0. The Balaban J connectivity index is 1.50. The number of anilines is 1. The summed E-state index contributed by atoms with van der Waals surface area (Å²) < 4.78 is 0.828. The van der Waals surface area contributed by atoms with E-state index in [9.17, 15) is 9.59 Å². The van der Waals surface area contributed by atoms with Crippen molar-refractivity contribution in [1.82, 2.24) is 15.4 Å². The lowest BCUT2D eigenvalue weighted by Crippen LogP contribution is -2.63. The normalized spacial score (nSPS) is 18.9. The minimum absolute atomic E-state index is 0.353. The summed E-state index contributed by atoms with van der Waals surface area (Å²) in [4.78, 5) is 28.8. The highest BCUT2D eigenvalue weighted by Gasteiger charge is 2.49. The Morgan fingerprint density at radius 2 is 1.82 bits per heavy atom. The van der Waals surface area contributed by atoms with Crippen molar-refractivity contribution in [1.29, 1.82) is 0 Å². The number of fused-ring (bicyclic) bond motifs is 1. The van der Waals surface area contributed by atoms with E-state index in [1.807, 2.05) is 0 Å². The van der Waals surface area contributed by atoms with Gasteiger partial charge in [0.1, 0.15) is 11.4 Å². The molecule has 11 heteroatoms. The largest absolute Gasteiger partial charge is 0.339 e. The van der Waals surface area contributed by atoms with Crippen LogP contribution in [0.15, 0.2) is 36.4 Å². The number of nitrogens with one attached hydrogen (secondary N) is 2. The van der Waals surface area contributed by atoms with Crippen molar-refractivity contribution in [3.63, 3.8) is 0 Å². The zero-order chi connectivity index (χ0) is 20.0. The van der Waals surface area contributed by atoms with Crippen LogP contribution in [0.4, 0.5) is 9.93 Å². The number of aromatic nitrogens is 1. The van der Waals surface area contributed by atoms with Crippen molar-refractivity contribution in [2.45, 2.75) is 11.4 Å². The number of nitrogens with zero attached hydrogens (tertiary/aromatic N) is 2. The lowest BCUT2D eigenvalue weighted by molar-refractivity contribution is -0.149. The van der Waals surface area contributed by atoms with Crippen LogP contribution in [0.3, 0.4) is 0 Å². The third-order valence-electron chi connectivity index (χ3n) is 4.10. The van der Waals surface area contributed by atoms with Crippen molar-refractivity contribution < 1.29 is 9.59 Å². The molecule has 2 N–H and O–H groups in total. The first-order valence-corrected chi connectivity index (χ1v) is 10.3. The third-order valence-corrected chi connectivity index (χ3v) is 6.26. The molecule has 0 spiro atoms. The van der Waals surface area contributed by atoms with Crippen LogP contribution in [0.2, 0.25) is 15.1 Å². The van der Waals surface area contributed by atoms with Crippen molar-refractivity contribution in [3.05, 3.63) is 57.0 Å². The van der Waals surface area contributed by atoms with E-state index in [1.165, 1.54) is 11.3 Å². The molecular weight excluding hydrogens is 466 g/mol. The van der Waals surface area contributed by atoms with Crippen LogP contribution in [0.25, 0.3) is 10.2 Å². The Morgan fingerprint density at radius 1 is 1.11 bits per heavy atom. The quantitative estimate of drug-likeness (QED) is 0.388. The summed E-state index contributed by atoms with van der Waals surface area (Å²) in [5.41, 5.74) is 3.78. The molecule has 144 valence electrons. The molecule has 1 aliphatic heterocycles. The van der Waals surface area contributed by atoms with Gasteiger partial charge in [0.25, 0.3) is 5.91 Å². The zero-order valence-corrected chi connectivity index (χ0v) is 17.6. The van der Waals surface area contributed by atoms with E-state index in [4.69, 9.17) is 46.4 Å². The number of hydrogen-bond donors (Lipinski definition) is 2. The molecule has 6 nitrogen and oxygen atoms in total. The number of amides is 3. The van der Waals surface area contributed by atoms with Crippen LogP contribution < -0.4 is 10.7 Å². The van der Waals surface area contributed by atoms with Crippen LogP contribution in [-0.4, -0.2) is 27.3 Å². The fourth-order valence-corrected chi connectivity index (χ4v) is 4.81. The van der Waals surface area contributed by atoms with Crippen molar-refractivity contribution in [2.24, 2.45) is 0 Å². The molecule has 0 radical (unpaired) electrons. The molecule has 4 rings (SSSR count). The molecule has 0 aliphatic carbocycles. The van der Waals surface area contributed by atoms with E-state index in [2.05, 4.69) is 15.7 Å². The summed E-state index contributed by atoms with van der Waals surface area (Å²) in [6.45, 7) is 0. The number of urea groups is 1. The second-order valence-electron chi connectivity index (χ2n) is 5.92. The molecule has 3 amide bonds. The summed E-state index contributed by atoms with van der Waals surface area (Å²) in [5, 5.41) is 4.65. The number of carbonyl (C=O) groups excluding carboxylic acids is 2. The first-order valence-electron chi connectivity index (χ1n) is 7.89. The fraction of sp³-hybridized carbons (Fsp3) is 0.118. The van der Waals surface area contributed by atoms with Crippen molar-refractivity contribution in [2.75, 3.05) is 5.32 Å². The second kappa shape index (κ2) is 7.57. The number of β-lactam (4-membered cyclic amide) rings is 1. The number of benzene rings is 2. The average Bonchev–Trinajstić information content (AvgIpc) is 3.03. The Hall–Kier alpha value is -1.77. The Kier molecular flexibility index (Phi) is 5.28. The lowest BCUT2D eigenvalue weighted by atomic mass is 9.95. The van der Waals surface area contributed by atoms with Crippen LogP contribution in [0.1, 0.15) is 11.6 Å². The maximum absolute atomic E-state index is 12.4. The Labute approximate surface area is 183 Å². The molecule has 2 aromatic carbocycles. The van der Waals surface area contributed by atoms with Gasteiger partial charge in [-0.25, -0.2) is 20.2 Å². The van der Waals surface area contributed by atoms with Gasteiger partial charge in [-0.15, -0.1) is 11.6 Å².